The van der Waals surface area contributed by atoms with Gasteiger partial charge in [0.05, 0.1) is 10.5 Å². The lowest BCUT2D eigenvalue weighted by atomic mass is 10.3. The number of hydrogen-bond donors (Lipinski definition) is 1. The van der Waals surface area contributed by atoms with Crippen molar-refractivity contribution in [3.63, 3.8) is 0 Å². The summed E-state index contributed by atoms with van der Waals surface area (Å²) in [6, 6.07) is 0.948. The number of aromatic nitrogens is 1. The predicted molar refractivity (Wildman–Crippen MR) is 58.3 cm³/mol. The number of hydrogen-bond acceptors (Lipinski definition) is 3. The van der Waals surface area contributed by atoms with Crippen LogP contribution in [0.4, 0.5) is 8.78 Å². The molecule has 0 aromatic carbocycles. The van der Waals surface area contributed by atoms with Crippen molar-refractivity contribution in [1.82, 2.24) is 4.98 Å². The Labute approximate surface area is 103 Å². The number of alkyl halides is 2. The van der Waals surface area contributed by atoms with Crippen molar-refractivity contribution in [2.45, 2.75) is 11.3 Å². The molecule has 0 fully saturated rings. The Morgan fingerprint density at radius 1 is 1.53 bits per heavy atom. The van der Waals surface area contributed by atoms with Crippen LogP contribution in [0.25, 0.3) is 0 Å². The number of pyridine rings is 1. The minimum Gasteiger partial charge on any atom is -0.230 e. The predicted octanol–water partition coefficient (Wildman–Crippen LogP) is 1.92. The van der Waals surface area contributed by atoms with Gasteiger partial charge in [0.15, 0.2) is 0 Å². The lowest BCUT2D eigenvalue weighted by molar-refractivity contribution is 0.147. The zero-order valence-corrected chi connectivity index (χ0v) is 10.6. The first-order valence-electron chi connectivity index (χ1n) is 3.40. The maximum absolute atomic E-state index is 12.5. The Morgan fingerprint density at radius 2 is 2.07 bits per heavy atom. The number of rotatable bonds is 2. The van der Waals surface area contributed by atoms with Crippen LogP contribution in [-0.2, 0) is 10.0 Å². The van der Waals surface area contributed by atoms with Gasteiger partial charge < -0.3 is 0 Å². The van der Waals surface area contributed by atoms with Gasteiger partial charge in [-0.05, 0) is 28.7 Å². The third-order valence-corrected chi connectivity index (χ3v) is 3.26. The molecule has 0 atom stereocenters. The minimum atomic E-state index is -4.23. The first kappa shape index (κ1) is 13.0. The number of nitrogens with zero attached hydrogens (tertiary/aromatic N) is 1. The van der Waals surface area contributed by atoms with Gasteiger partial charge in [0.2, 0.25) is 10.0 Å². The molecule has 1 aromatic heterocycles. The van der Waals surface area contributed by atoms with Gasteiger partial charge in [0, 0.05) is 0 Å². The minimum absolute atomic E-state index is 0.172. The fraction of sp³-hybridized carbons (Fsp3) is 0.167. The van der Waals surface area contributed by atoms with E-state index in [-0.39, 0.29) is 3.70 Å². The molecule has 0 saturated heterocycles. The molecule has 0 saturated carbocycles. The molecular weight excluding hydrogens is 364 g/mol. The summed E-state index contributed by atoms with van der Waals surface area (Å²) in [6.07, 6.45) is -3.05. The van der Waals surface area contributed by atoms with Crippen molar-refractivity contribution in [2.24, 2.45) is 5.14 Å². The molecule has 15 heavy (non-hydrogen) atoms. The van der Waals surface area contributed by atoms with Crippen LogP contribution in [0.1, 0.15) is 12.0 Å². The molecule has 0 aliphatic heterocycles. The van der Waals surface area contributed by atoms with E-state index in [0.29, 0.717) is 0 Å². The maximum Gasteiger partial charge on any atom is 0.268 e. The number of sulfonamides is 1. The van der Waals surface area contributed by atoms with Crippen LogP contribution in [0.3, 0.4) is 0 Å². The van der Waals surface area contributed by atoms with Gasteiger partial charge in [-0.2, -0.15) is 0 Å². The molecule has 1 aromatic rings. The standard InChI is InChI=1S/C6H4ClF2IN2O2S/c7-5-4(6(8)9)2(15(11,13)14)1-3(10)12-5/h1,6H,(H2,11,13,14). The van der Waals surface area contributed by atoms with Crippen molar-refractivity contribution in [1.29, 1.82) is 0 Å². The molecule has 0 spiro atoms. The smallest absolute Gasteiger partial charge is 0.230 e. The topological polar surface area (TPSA) is 73.1 Å². The number of nitrogens with two attached hydrogens (primary N) is 1. The fourth-order valence-corrected chi connectivity index (χ4v) is 2.91. The summed E-state index contributed by atoms with van der Waals surface area (Å²) in [7, 11) is -4.23. The number of primary sulfonamides is 1. The van der Waals surface area contributed by atoms with Crippen LogP contribution in [0.5, 0.6) is 0 Å². The molecule has 1 rings (SSSR count). The van der Waals surface area contributed by atoms with E-state index >= 15 is 0 Å². The maximum atomic E-state index is 12.5. The molecule has 1 heterocycles. The summed E-state index contributed by atoms with van der Waals surface area (Å²) in [6.45, 7) is 0. The van der Waals surface area contributed by atoms with Crippen molar-refractivity contribution < 1.29 is 17.2 Å². The third kappa shape index (κ3) is 2.95. The van der Waals surface area contributed by atoms with E-state index in [1.807, 2.05) is 0 Å². The summed E-state index contributed by atoms with van der Waals surface area (Å²) >= 11 is 7.07. The Kier molecular flexibility index (Phi) is 3.85. The van der Waals surface area contributed by atoms with Gasteiger partial charge in [-0.25, -0.2) is 27.3 Å². The Bertz CT molecular complexity index is 494. The third-order valence-electron chi connectivity index (χ3n) is 1.47. The largest absolute Gasteiger partial charge is 0.268 e. The number of halogens is 4. The van der Waals surface area contributed by atoms with E-state index in [4.69, 9.17) is 16.7 Å². The van der Waals surface area contributed by atoms with Gasteiger partial charge in [0.25, 0.3) is 6.43 Å². The van der Waals surface area contributed by atoms with Crippen LogP contribution < -0.4 is 5.14 Å². The highest BCUT2D eigenvalue weighted by atomic mass is 127. The summed E-state index contributed by atoms with van der Waals surface area (Å²) in [5.74, 6) is 0. The molecule has 0 bridgehead atoms. The van der Waals surface area contributed by atoms with E-state index in [2.05, 4.69) is 4.98 Å². The Morgan fingerprint density at radius 3 is 2.47 bits per heavy atom. The summed E-state index contributed by atoms with van der Waals surface area (Å²) in [5.41, 5.74) is -0.861. The Hall–Kier alpha value is -0.0600. The molecule has 0 unspecified atom stereocenters. The zero-order chi connectivity index (χ0) is 11.8. The van der Waals surface area contributed by atoms with E-state index in [9.17, 15) is 17.2 Å². The highest BCUT2D eigenvalue weighted by Crippen LogP contribution is 2.32. The van der Waals surface area contributed by atoms with E-state index < -0.39 is 32.1 Å². The monoisotopic (exact) mass is 368 g/mol. The SMILES string of the molecule is NS(=O)(=O)c1cc(I)nc(Cl)c1C(F)F. The molecule has 84 valence electrons. The van der Waals surface area contributed by atoms with Crippen LogP contribution in [-0.4, -0.2) is 13.4 Å². The van der Waals surface area contributed by atoms with Gasteiger partial charge >= 0.3 is 0 Å². The summed E-state index contributed by atoms with van der Waals surface area (Å²) in [4.78, 5) is 2.83. The second kappa shape index (κ2) is 4.44. The molecule has 0 radical (unpaired) electrons. The van der Waals surface area contributed by atoms with Gasteiger partial charge in [-0.3, -0.25) is 0 Å². The quantitative estimate of drug-likeness (QED) is 0.640. The summed E-state index contributed by atoms with van der Waals surface area (Å²) in [5, 5.41) is 4.23. The van der Waals surface area contributed by atoms with Gasteiger partial charge in [0.1, 0.15) is 8.85 Å². The van der Waals surface area contributed by atoms with E-state index in [1.54, 1.807) is 22.6 Å². The zero-order valence-electron chi connectivity index (χ0n) is 6.92. The highest BCUT2D eigenvalue weighted by Gasteiger charge is 2.25. The van der Waals surface area contributed by atoms with Gasteiger partial charge in [-0.1, -0.05) is 11.6 Å². The summed E-state index contributed by atoms with van der Waals surface area (Å²) < 4.78 is 47.2. The molecule has 0 amide bonds. The second-order valence-electron chi connectivity index (χ2n) is 2.49. The lowest BCUT2D eigenvalue weighted by Crippen LogP contribution is -2.16. The van der Waals surface area contributed by atoms with Crippen molar-refractivity contribution >= 4 is 44.2 Å². The molecule has 0 aliphatic carbocycles. The van der Waals surface area contributed by atoms with Crippen molar-refractivity contribution in [2.75, 3.05) is 0 Å². The van der Waals surface area contributed by atoms with Crippen molar-refractivity contribution in [3.05, 3.63) is 20.5 Å². The average molecular weight is 369 g/mol. The molecule has 0 aliphatic rings. The molecule has 9 heteroatoms. The highest BCUT2D eigenvalue weighted by molar-refractivity contribution is 14.1. The lowest BCUT2D eigenvalue weighted by Gasteiger charge is -2.08. The van der Waals surface area contributed by atoms with Crippen LogP contribution >= 0.6 is 34.2 Å². The average Bonchev–Trinajstić information content (AvgIpc) is 1.99. The molecule has 2 N–H and O–H groups in total. The molecular formula is C6H4ClF2IN2O2S. The van der Waals surface area contributed by atoms with Crippen LogP contribution in [0.2, 0.25) is 5.15 Å². The van der Waals surface area contributed by atoms with E-state index in [1.165, 1.54) is 0 Å². The van der Waals surface area contributed by atoms with E-state index in [0.717, 1.165) is 6.07 Å². The molecule has 4 nitrogen and oxygen atoms in total. The normalized spacial score (nSPS) is 12.1. The first-order valence-corrected chi connectivity index (χ1v) is 6.40. The fourth-order valence-electron chi connectivity index (χ4n) is 0.907. The van der Waals surface area contributed by atoms with Crippen molar-refractivity contribution in [3.8, 4) is 0 Å². The van der Waals surface area contributed by atoms with Crippen LogP contribution in [0.15, 0.2) is 11.0 Å². The second-order valence-corrected chi connectivity index (χ2v) is 5.49. The van der Waals surface area contributed by atoms with Gasteiger partial charge in [-0.15, -0.1) is 0 Å². The Balaban J connectivity index is 3.62. The first-order chi connectivity index (χ1) is 6.73. The van der Waals surface area contributed by atoms with Crippen LogP contribution in [0, 0.1) is 3.70 Å².